The molecule has 1 aromatic heterocycles. The fourth-order valence-corrected chi connectivity index (χ4v) is 4.23. The van der Waals surface area contributed by atoms with Crippen LogP contribution < -0.4 is 15.0 Å². The van der Waals surface area contributed by atoms with Gasteiger partial charge in [0.25, 0.3) is 5.91 Å². The first-order chi connectivity index (χ1) is 15.1. The number of carbonyl (C=O) groups is 1. The molecule has 0 atom stereocenters. The van der Waals surface area contributed by atoms with E-state index in [0.717, 1.165) is 48.2 Å². The second-order valence-corrected chi connectivity index (χ2v) is 8.83. The minimum atomic E-state index is -0.0881. The molecule has 0 bridgehead atoms. The lowest BCUT2D eigenvalue weighted by Gasteiger charge is -2.35. The van der Waals surface area contributed by atoms with Gasteiger partial charge in [0.05, 0.1) is 10.7 Å². The quantitative estimate of drug-likeness (QED) is 0.612. The van der Waals surface area contributed by atoms with Crippen LogP contribution in [0.3, 0.4) is 0 Å². The Hall–Kier alpha value is -2.90. The van der Waals surface area contributed by atoms with E-state index < -0.39 is 0 Å². The van der Waals surface area contributed by atoms with Crippen molar-refractivity contribution < 1.29 is 9.53 Å². The second-order valence-electron chi connectivity index (χ2n) is 7.77. The van der Waals surface area contributed by atoms with Crippen LogP contribution in [0.1, 0.15) is 26.6 Å². The molecule has 1 saturated heterocycles. The summed E-state index contributed by atoms with van der Waals surface area (Å²) in [7, 11) is 2.15. The Labute approximate surface area is 187 Å². The van der Waals surface area contributed by atoms with Crippen LogP contribution in [0.15, 0.2) is 53.9 Å². The molecular formula is C24H28N4O2S. The highest BCUT2D eigenvalue weighted by Gasteiger charge is 2.17. The summed E-state index contributed by atoms with van der Waals surface area (Å²) in [5.74, 6) is 0.637. The zero-order valence-corrected chi connectivity index (χ0v) is 18.8. The number of anilines is 1. The first kappa shape index (κ1) is 21.3. The third-order valence-electron chi connectivity index (χ3n) is 5.44. The Balaban J connectivity index is 1.33. The number of likely N-dealkylation sites (N-methyl/N-ethyl adjacent to an activating group) is 1. The Morgan fingerprint density at radius 3 is 2.55 bits per heavy atom. The fourth-order valence-electron chi connectivity index (χ4n) is 3.63. The molecule has 3 aromatic rings. The highest BCUT2D eigenvalue weighted by molar-refractivity contribution is 7.09. The molecule has 6 nitrogen and oxygen atoms in total. The van der Waals surface area contributed by atoms with E-state index in [1.54, 1.807) is 23.5 Å². The van der Waals surface area contributed by atoms with Crippen LogP contribution >= 0.6 is 11.3 Å². The predicted molar refractivity (Wildman–Crippen MR) is 125 cm³/mol. The molecule has 0 spiro atoms. The summed E-state index contributed by atoms with van der Waals surface area (Å²) < 4.78 is 5.76. The summed E-state index contributed by atoms with van der Waals surface area (Å²) >= 11 is 1.61. The molecule has 1 aliphatic rings. The highest BCUT2D eigenvalue weighted by atomic mass is 32.1. The number of aromatic nitrogens is 1. The molecule has 2 heterocycles. The average Bonchev–Trinajstić information content (AvgIpc) is 3.22. The number of hydrogen-bond acceptors (Lipinski definition) is 6. The number of ether oxygens (including phenoxy) is 1. The van der Waals surface area contributed by atoms with E-state index >= 15 is 0 Å². The van der Waals surface area contributed by atoms with Crippen molar-refractivity contribution in [3.05, 3.63) is 75.7 Å². The lowest BCUT2D eigenvalue weighted by Crippen LogP contribution is -2.45. The molecule has 2 aromatic carbocycles. The van der Waals surface area contributed by atoms with Crippen molar-refractivity contribution in [1.82, 2.24) is 15.2 Å². The molecule has 162 valence electrons. The molecule has 1 amide bonds. The maximum atomic E-state index is 12.7. The molecule has 31 heavy (non-hydrogen) atoms. The molecule has 0 aliphatic carbocycles. The van der Waals surface area contributed by atoms with Crippen LogP contribution in [0.4, 0.5) is 5.69 Å². The van der Waals surface area contributed by atoms with Gasteiger partial charge in [-0.05, 0) is 49.9 Å². The number of carbonyl (C=O) groups excluding carboxylic acids is 1. The smallest absolute Gasteiger partial charge is 0.251 e. The molecule has 1 N–H and O–H groups in total. The van der Waals surface area contributed by atoms with Crippen LogP contribution in [0.25, 0.3) is 0 Å². The average molecular weight is 437 g/mol. The van der Waals surface area contributed by atoms with E-state index in [-0.39, 0.29) is 5.91 Å². The standard InChI is InChI=1S/C24H28N4O2S/c1-18-26-21(17-31-18)16-30-22-9-7-19(8-10-22)24(29)25-15-20-5-3-4-6-23(20)28-13-11-27(2)12-14-28/h3-10,17H,11-16H2,1-2H3,(H,25,29). The fraction of sp³-hybridized carbons (Fsp3) is 0.333. The Kier molecular flexibility index (Phi) is 6.84. The van der Waals surface area contributed by atoms with Gasteiger partial charge in [0.1, 0.15) is 12.4 Å². The zero-order chi connectivity index (χ0) is 21.6. The first-order valence-electron chi connectivity index (χ1n) is 10.5. The van der Waals surface area contributed by atoms with Crippen LogP contribution in [-0.4, -0.2) is 49.0 Å². The third-order valence-corrected chi connectivity index (χ3v) is 6.27. The molecule has 0 unspecified atom stereocenters. The number of aryl methyl sites for hydroxylation is 1. The number of benzene rings is 2. The Bertz CT molecular complexity index is 1010. The predicted octanol–water partition coefficient (Wildman–Crippen LogP) is 3.71. The summed E-state index contributed by atoms with van der Waals surface area (Å²) in [6.07, 6.45) is 0. The largest absolute Gasteiger partial charge is 0.487 e. The lowest BCUT2D eigenvalue weighted by atomic mass is 10.1. The SMILES string of the molecule is Cc1nc(COc2ccc(C(=O)NCc3ccccc3N3CCN(C)CC3)cc2)cs1. The maximum absolute atomic E-state index is 12.7. The molecular weight excluding hydrogens is 408 g/mol. The van der Waals surface area contributed by atoms with Crippen LogP contribution in [0, 0.1) is 6.92 Å². The topological polar surface area (TPSA) is 57.7 Å². The molecule has 0 saturated carbocycles. The number of nitrogens with one attached hydrogen (secondary N) is 1. The summed E-state index contributed by atoms with van der Waals surface area (Å²) in [5.41, 5.74) is 3.88. The number of amides is 1. The van der Waals surface area contributed by atoms with E-state index in [1.165, 1.54) is 5.69 Å². The van der Waals surface area contributed by atoms with E-state index in [9.17, 15) is 4.79 Å². The lowest BCUT2D eigenvalue weighted by molar-refractivity contribution is 0.0951. The van der Waals surface area contributed by atoms with Gasteiger partial charge >= 0.3 is 0 Å². The Morgan fingerprint density at radius 2 is 1.84 bits per heavy atom. The van der Waals surface area contributed by atoms with E-state index in [0.29, 0.717) is 18.7 Å². The van der Waals surface area contributed by atoms with Gasteiger partial charge in [-0.2, -0.15) is 0 Å². The minimum absolute atomic E-state index is 0.0881. The van der Waals surface area contributed by atoms with E-state index in [2.05, 4.69) is 45.3 Å². The van der Waals surface area contributed by atoms with Gasteiger partial charge in [-0.15, -0.1) is 11.3 Å². The van der Waals surface area contributed by atoms with Crippen molar-refractivity contribution in [3.63, 3.8) is 0 Å². The molecule has 1 fully saturated rings. The van der Waals surface area contributed by atoms with Crippen molar-refractivity contribution in [1.29, 1.82) is 0 Å². The van der Waals surface area contributed by atoms with Crippen LogP contribution in [-0.2, 0) is 13.2 Å². The zero-order valence-electron chi connectivity index (χ0n) is 18.0. The molecule has 7 heteroatoms. The number of para-hydroxylation sites is 1. The summed E-state index contributed by atoms with van der Waals surface area (Å²) in [6, 6.07) is 15.6. The molecule has 4 rings (SSSR count). The normalized spacial score (nSPS) is 14.5. The van der Waals surface area contributed by atoms with E-state index in [4.69, 9.17) is 4.74 Å². The van der Waals surface area contributed by atoms with Crippen molar-refractivity contribution in [2.24, 2.45) is 0 Å². The number of hydrogen-bond donors (Lipinski definition) is 1. The van der Waals surface area contributed by atoms with Gasteiger partial charge in [-0.1, -0.05) is 18.2 Å². The van der Waals surface area contributed by atoms with Gasteiger partial charge < -0.3 is 19.9 Å². The van der Waals surface area contributed by atoms with Crippen molar-refractivity contribution in [3.8, 4) is 5.75 Å². The summed E-state index contributed by atoms with van der Waals surface area (Å²) in [4.78, 5) is 21.8. The Morgan fingerprint density at radius 1 is 1.10 bits per heavy atom. The molecule has 1 aliphatic heterocycles. The summed E-state index contributed by atoms with van der Waals surface area (Å²) in [5, 5.41) is 6.08. The van der Waals surface area contributed by atoms with Gasteiger partial charge in [-0.3, -0.25) is 4.79 Å². The van der Waals surface area contributed by atoms with Gasteiger partial charge in [0.2, 0.25) is 0 Å². The highest BCUT2D eigenvalue weighted by Crippen LogP contribution is 2.22. The number of thiazole rings is 1. The number of nitrogens with zero attached hydrogens (tertiary/aromatic N) is 3. The monoisotopic (exact) mass is 436 g/mol. The minimum Gasteiger partial charge on any atom is -0.487 e. The number of rotatable bonds is 7. The number of piperazine rings is 1. The van der Waals surface area contributed by atoms with Crippen molar-refractivity contribution >= 4 is 22.9 Å². The molecule has 0 radical (unpaired) electrons. The van der Waals surface area contributed by atoms with Crippen LogP contribution in [0.2, 0.25) is 0 Å². The van der Waals surface area contributed by atoms with Crippen LogP contribution in [0.5, 0.6) is 5.75 Å². The second kappa shape index (κ2) is 9.94. The van der Waals surface area contributed by atoms with E-state index in [1.807, 2.05) is 30.5 Å². The van der Waals surface area contributed by atoms with Gasteiger partial charge in [-0.25, -0.2) is 4.98 Å². The van der Waals surface area contributed by atoms with Crippen molar-refractivity contribution in [2.45, 2.75) is 20.1 Å². The first-order valence-corrected chi connectivity index (χ1v) is 11.4. The third kappa shape index (κ3) is 5.62. The van der Waals surface area contributed by atoms with Crippen molar-refractivity contribution in [2.75, 3.05) is 38.1 Å². The van der Waals surface area contributed by atoms with Gasteiger partial charge in [0, 0.05) is 49.4 Å². The maximum Gasteiger partial charge on any atom is 0.251 e. The van der Waals surface area contributed by atoms with Gasteiger partial charge in [0.15, 0.2) is 0 Å². The summed E-state index contributed by atoms with van der Waals surface area (Å²) in [6.45, 7) is 7.02.